The second kappa shape index (κ2) is 8.03. The first-order chi connectivity index (χ1) is 12.1. The Balaban J connectivity index is 1.93. The molecule has 2 aromatic carbocycles. The first kappa shape index (κ1) is 19.5. The number of halogens is 3. The van der Waals surface area contributed by atoms with Gasteiger partial charge in [-0.1, -0.05) is 19.1 Å². The van der Waals surface area contributed by atoms with Gasteiger partial charge in [-0.2, -0.15) is 13.2 Å². The Kier molecular flexibility index (Phi) is 6.02. The van der Waals surface area contributed by atoms with Gasteiger partial charge in [0.15, 0.2) is 0 Å². The van der Waals surface area contributed by atoms with Crippen molar-refractivity contribution >= 4 is 17.6 Å². The van der Waals surface area contributed by atoms with Crippen LogP contribution in [0.5, 0.6) is 5.75 Å². The molecule has 26 heavy (non-hydrogen) atoms. The minimum atomic E-state index is -4.38. The Hall–Kier alpha value is -2.83. The second-order valence-corrected chi connectivity index (χ2v) is 5.90. The van der Waals surface area contributed by atoms with Crippen LogP contribution in [0.4, 0.5) is 18.9 Å². The average molecular weight is 365 g/mol. The first-order valence-electron chi connectivity index (χ1n) is 7.90. The van der Waals surface area contributed by atoms with E-state index in [-0.39, 0.29) is 18.2 Å². The van der Waals surface area contributed by atoms with Gasteiger partial charge in [0, 0.05) is 12.6 Å². The molecule has 1 atom stereocenters. The first-order valence-corrected chi connectivity index (χ1v) is 7.90. The Morgan fingerprint density at radius 3 is 2.12 bits per heavy atom. The van der Waals surface area contributed by atoms with E-state index in [1.165, 1.54) is 19.1 Å². The number of carbonyl (C=O) groups excluding carboxylic acids is 2. The third-order valence-electron chi connectivity index (χ3n) is 3.69. The molecule has 1 amide bonds. The number of benzene rings is 2. The number of alkyl halides is 3. The van der Waals surface area contributed by atoms with E-state index in [4.69, 9.17) is 4.74 Å². The van der Waals surface area contributed by atoms with Gasteiger partial charge in [-0.05, 0) is 47.9 Å². The highest BCUT2D eigenvalue weighted by atomic mass is 19.4. The number of carbonyl (C=O) groups is 2. The van der Waals surface area contributed by atoms with E-state index >= 15 is 0 Å². The molecule has 0 spiro atoms. The van der Waals surface area contributed by atoms with Crippen molar-refractivity contribution in [3.05, 3.63) is 59.7 Å². The molecule has 0 heterocycles. The summed E-state index contributed by atoms with van der Waals surface area (Å²) in [7, 11) is 0. The lowest BCUT2D eigenvalue weighted by Crippen LogP contribution is -2.12. The predicted molar refractivity (Wildman–Crippen MR) is 90.9 cm³/mol. The van der Waals surface area contributed by atoms with E-state index < -0.39 is 17.7 Å². The van der Waals surface area contributed by atoms with Gasteiger partial charge < -0.3 is 10.1 Å². The second-order valence-electron chi connectivity index (χ2n) is 5.90. The molecule has 0 bridgehead atoms. The molecule has 0 aliphatic heterocycles. The highest BCUT2D eigenvalue weighted by molar-refractivity contribution is 5.88. The van der Waals surface area contributed by atoms with E-state index in [0.29, 0.717) is 17.0 Å². The van der Waals surface area contributed by atoms with Crippen LogP contribution in [0.25, 0.3) is 0 Å². The van der Waals surface area contributed by atoms with E-state index in [1.807, 2.05) is 0 Å². The highest BCUT2D eigenvalue weighted by Crippen LogP contribution is 2.30. The maximum absolute atomic E-state index is 12.6. The van der Waals surface area contributed by atoms with E-state index in [0.717, 1.165) is 12.1 Å². The van der Waals surface area contributed by atoms with Crippen LogP contribution in [0.2, 0.25) is 0 Å². The average Bonchev–Trinajstić information content (AvgIpc) is 2.55. The Morgan fingerprint density at radius 1 is 1.04 bits per heavy atom. The van der Waals surface area contributed by atoms with E-state index in [1.54, 1.807) is 31.2 Å². The zero-order valence-corrected chi connectivity index (χ0v) is 14.3. The van der Waals surface area contributed by atoms with Crippen LogP contribution in [-0.2, 0) is 15.8 Å². The number of amides is 1. The van der Waals surface area contributed by atoms with Gasteiger partial charge in [-0.15, -0.1) is 0 Å². The van der Waals surface area contributed by atoms with Crippen molar-refractivity contribution in [2.24, 2.45) is 0 Å². The summed E-state index contributed by atoms with van der Waals surface area (Å²) in [5.74, 6) is -0.669. The molecule has 138 valence electrons. The molecular weight excluding hydrogens is 347 g/mol. The zero-order chi connectivity index (χ0) is 19.3. The molecule has 0 saturated heterocycles. The zero-order valence-electron chi connectivity index (χ0n) is 14.3. The molecule has 0 aliphatic carbocycles. The summed E-state index contributed by atoms with van der Waals surface area (Å²) in [6, 6.07) is 11.0. The summed E-state index contributed by atoms with van der Waals surface area (Å²) >= 11 is 0. The molecule has 0 radical (unpaired) electrons. The lowest BCUT2D eigenvalue weighted by Gasteiger charge is -2.13. The number of esters is 1. The fraction of sp³-hybridized carbons (Fsp3) is 0.263. The highest BCUT2D eigenvalue weighted by Gasteiger charge is 2.30. The molecule has 2 aromatic rings. The molecule has 4 nitrogen and oxygen atoms in total. The SMILES string of the molecule is CC(=O)Nc1ccc(OC(=O)CC(C)c2ccc(C(F)(F)F)cc2)cc1. The standard InChI is InChI=1S/C19H18F3NO3/c1-12(14-3-5-15(6-4-14)19(20,21)22)11-18(25)26-17-9-7-16(8-10-17)23-13(2)24/h3-10,12H,11H2,1-2H3,(H,23,24). The molecule has 1 N–H and O–H groups in total. The summed E-state index contributed by atoms with van der Waals surface area (Å²) in [5, 5.41) is 2.59. The van der Waals surface area contributed by atoms with Gasteiger partial charge >= 0.3 is 12.1 Å². The molecule has 7 heteroatoms. The van der Waals surface area contributed by atoms with Gasteiger partial charge in [-0.25, -0.2) is 0 Å². The van der Waals surface area contributed by atoms with Crippen LogP contribution < -0.4 is 10.1 Å². The molecule has 0 fully saturated rings. The number of nitrogens with one attached hydrogen (secondary N) is 1. The van der Waals surface area contributed by atoms with Crippen molar-refractivity contribution in [2.75, 3.05) is 5.32 Å². The lowest BCUT2D eigenvalue weighted by molar-refractivity contribution is -0.138. The monoisotopic (exact) mass is 365 g/mol. The normalized spacial score (nSPS) is 12.3. The van der Waals surface area contributed by atoms with E-state index in [9.17, 15) is 22.8 Å². The number of hydrogen-bond donors (Lipinski definition) is 1. The van der Waals surface area contributed by atoms with Crippen molar-refractivity contribution in [1.82, 2.24) is 0 Å². The topological polar surface area (TPSA) is 55.4 Å². The minimum Gasteiger partial charge on any atom is -0.427 e. The van der Waals surface area contributed by atoms with Crippen LogP contribution >= 0.6 is 0 Å². The van der Waals surface area contributed by atoms with Gasteiger partial charge in [0.25, 0.3) is 0 Å². The maximum Gasteiger partial charge on any atom is 0.416 e. The quantitative estimate of drug-likeness (QED) is 0.614. The predicted octanol–water partition coefficient (Wildman–Crippen LogP) is 4.76. The number of rotatable bonds is 5. The third-order valence-corrected chi connectivity index (χ3v) is 3.69. The summed E-state index contributed by atoms with van der Waals surface area (Å²) in [5.41, 5.74) is 0.474. The molecule has 2 rings (SSSR count). The lowest BCUT2D eigenvalue weighted by atomic mass is 9.97. The van der Waals surface area contributed by atoms with Crippen LogP contribution in [0.1, 0.15) is 37.3 Å². The Labute approximate surface area is 149 Å². The smallest absolute Gasteiger partial charge is 0.416 e. The molecule has 1 unspecified atom stereocenters. The number of anilines is 1. The molecule has 0 aromatic heterocycles. The van der Waals surface area contributed by atoms with Crippen molar-refractivity contribution < 1.29 is 27.5 Å². The fourth-order valence-electron chi connectivity index (χ4n) is 2.35. The van der Waals surface area contributed by atoms with Gasteiger partial charge in [0.05, 0.1) is 12.0 Å². The van der Waals surface area contributed by atoms with E-state index in [2.05, 4.69) is 5.32 Å². The number of ether oxygens (including phenoxy) is 1. The maximum atomic E-state index is 12.6. The Morgan fingerprint density at radius 2 is 1.62 bits per heavy atom. The third kappa shape index (κ3) is 5.61. The van der Waals surface area contributed by atoms with Crippen LogP contribution in [0.15, 0.2) is 48.5 Å². The van der Waals surface area contributed by atoms with Gasteiger partial charge in [0.1, 0.15) is 5.75 Å². The van der Waals surface area contributed by atoms with Gasteiger partial charge in [-0.3, -0.25) is 9.59 Å². The van der Waals surface area contributed by atoms with Crippen molar-refractivity contribution in [1.29, 1.82) is 0 Å². The molecule has 0 saturated carbocycles. The fourth-order valence-corrected chi connectivity index (χ4v) is 2.35. The van der Waals surface area contributed by atoms with Crippen molar-refractivity contribution in [3.8, 4) is 5.75 Å². The molecular formula is C19H18F3NO3. The largest absolute Gasteiger partial charge is 0.427 e. The van der Waals surface area contributed by atoms with Crippen molar-refractivity contribution in [3.63, 3.8) is 0 Å². The van der Waals surface area contributed by atoms with Crippen LogP contribution in [-0.4, -0.2) is 11.9 Å². The summed E-state index contributed by atoms with van der Waals surface area (Å²) in [6.07, 6.45) is -4.36. The van der Waals surface area contributed by atoms with Crippen LogP contribution in [0, 0.1) is 0 Å². The minimum absolute atomic E-state index is 0.0266. The molecule has 0 aliphatic rings. The number of hydrogen-bond acceptors (Lipinski definition) is 3. The summed E-state index contributed by atoms with van der Waals surface area (Å²) in [6.45, 7) is 3.13. The summed E-state index contributed by atoms with van der Waals surface area (Å²) in [4.78, 5) is 23.0. The van der Waals surface area contributed by atoms with Gasteiger partial charge in [0.2, 0.25) is 5.91 Å². The van der Waals surface area contributed by atoms with Crippen LogP contribution in [0.3, 0.4) is 0 Å². The Bertz CT molecular complexity index is 768. The van der Waals surface area contributed by atoms with Crippen molar-refractivity contribution in [2.45, 2.75) is 32.4 Å². The summed E-state index contributed by atoms with van der Waals surface area (Å²) < 4.78 is 42.9.